The van der Waals surface area contributed by atoms with Gasteiger partial charge in [0, 0.05) is 38.3 Å². The first kappa shape index (κ1) is 27.0. The number of halogens is 1. The number of aliphatic imine (C=N–C) groups is 1. The summed E-state index contributed by atoms with van der Waals surface area (Å²) in [6.07, 6.45) is 0.193. The lowest BCUT2D eigenvalue weighted by Crippen LogP contribution is -2.53. The van der Waals surface area contributed by atoms with Crippen molar-refractivity contribution >= 4 is 47.6 Å². The van der Waals surface area contributed by atoms with Gasteiger partial charge >= 0.3 is 6.09 Å². The highest BCUT2D eigenvalue weighted by molar-refractivity contribution is 14.0. The second kappa shape index (κ2) is 12.1. The van der Waals surface area contributed by atoms with Gasteiger partial charge in [-0.3, -0.25) is 4.79 Å². The largest absolute Gasteiger partial charge is 0.444 e. The van der Waals surface area contributed by atoms with E-state index in [-0.39, 0.29) is 36.0 Å². The number of benzene rings is 1. The average Bonchev–Trinajstić information content (AvgIpc) is 2.64. The molecule has 2 rings (SSSR count). The van der Waals surface area contributed by atoms with E-state index in [0.717, 1.165) is 11.3 Å². The van der Waals surface area contributed by atoms with Crippen molar-refractivity contribution in [3.63, 3.8) is 0 Å². The fourth-order valence-corrected chi connectivity index (χ4v) is 3.05. The summed E-state index contributed by atoms with van der Waals surface area (Å²) in [6, 6.07) is 7.63. The fraction of sp³-hybridized carbons (Fsp3) is 0.591. The summed E-state index contributed by atoms with van der Waals surface area (Å²) >= 11 is 0. The minimum atomic E-state index is -0.502. The zero-order valence-corrected chi connectivity index (χ0v) is 21.5. The lowest BCUT2D eigenvalue weighted by molar-refractivity contribution is -0.116. The van der Waals surface area contributed by atoms with E-state index in [1.54, 1.807) is 4.90 Å². The maximum Gasteiger partial charge on any atom is 0.410 e. The molecule has 1 heterocycles. The van der Waals surface area contributed by atoms with Crippen LogP contribution in [-0.2, 0) is 16.1 Å². The number of amides is 2. The minimum absolute atomic E-state index is 0. The van der Waals surface area contributed by atoms with Gasteiger partial charge in [0.05, 0.1) is 6.54 Å². The number of carbonyl (C=O) groups excluding carboxylic acids is 2. The predicted octanol–water partition coefficient (Wildman–Crippen LogP) is 3.66. The van der Waals surface area contributed by atoms with Gasteiger partial charge < -0.3 is 25.6 Å². The molecule has 0 aromatic heterocycles. The molecule has 1 aromatic rings. The standard InChI is InChI=1S/C22H35N5O3.HI/c1-16(2)13-19(28)25-18-8-6-7-17(14-18)15-24-20(23)26-9-11-27(12-10-26)21(29)30-22(3,4)5;/h6-8,14,16H,9-13,15H2,1-5H3,(H2,23,24)(H,25,28);1H. The van der Waals surface area contributed by atoms with Gasteiger partial charge in [0.1, 0.15) is 5.60 Å². The molecule has 1 aliphatic rings. The molecule has 0 unspecified atom stereocenters. The van der Waals surface area contributed by atoms with Crippen molar-refractivity contribution in [1.82, 2.24) is 9.80 Å². The lowest BCUT2D eigenvalue weighted by Gasteiger charge is -2.36. The monoisotopic (exact) mass is 545 g/mol. The van der Waals surface area contributed by atoms with Crippen LogP contribution in [0.15, 0.2) is 29.3 Å². The van der Waals surface area contributed by atoms with Crippen molar-refractivity contribution in [3.05, 3.63) is 29.8 Å². The van der Waals surface area contributed by atoms with Crippen LogP contribution < -0.4 is 11.1 Å². The van der Waals surface area contributed by atoms with Gasteiger partial charge in [0.2, 0.25) is 5.91 Å². The van der Waals surface area contributed by atoms with Crippen molar-refractivity contribution in [2.24, 2.45) is 16.6 Å². The van der Waals surface area contributed by atoms with Gasteiger partial charge in [0.25, 0.3) is 0 Å². The molecule has 0 aliphatic carbocycles. The third-order valence-electron chi connectivity index (χ3n) is 4.48. The van der Waals surface area contributed by atoms with Crippen LogP contribution in [0.2, 0.25) is 0 Å². The summed E-state index contributed by atoms with van der Waals surface area (Å²) in [7, 11) is 0. The molecule has 0 bridgehead atoms. The Balaban J connectivity index is 0.00000480. The number of ether oxygens (including phenoxy) is 1. The van der Waals surface area contributed by atoms with Crippen molar-refractivity contribution in [2.75, 3.05) is 31.5 Å². The molecule has 174 valence electrons. The topological polar surface area (TPSA) is 100 Å². The molecule has 0 atom stereocenters. The molecule has 0 saturated carbocycles. The van der Waals surface area contributed by atoms with E-state index in [2.05, 4.69) is 10.3 Å². The molecule has 9 heteroatoms. The molecule has 2 amide bonds. The molecular weight excluding hydrogens is 509 g/mol. The van der Waals surface area contributed by atoms with E-state index in [9.17, 15) is 9.59 Å². The molecule has 0 radical (unpaired) electrons. The van der Waals surface area contributed by atoms with Gasteiger partial charge in [-0.05, 0) is 44.4 Å². The summed E-state index contributed by atoms with van der Waals surface area (Å²) in [5.41, 5.74) is 7.39. The molecule has 0 spiro atoms. The summed E-state index contributed by atoms with van der Waals surface area (Å²) < 4.78 is 5.41. The highest BCUT2D eigenvalue weighted by atomic mass is 127. The van der Waals surface area contributed by atoms with Crippen molar-refractivity contribution < 1.29 is 14.3 Å². The van der Waals surface area contributed by atoms with Crippen molar-refractivity contribution in [2.45, 2.75) is 53.2 Å². The Kier molecular flexibility index (Phi) is 10.5. The zero-order chi connectivity index (χ0) is 22.3. The molecule has 31 heavy (non-hydrogen) atoms. The van der Waals surface area contributed by atoms with Crippen LogP contribution in [0.25, 0.3) is 0 Å². The predicted molar refractivity (Wildman–Crippen MR) is 135 cm³/mol. The van der Waals surface area contributed by atoms with E-state index >= 15 is 0 Å². The van der Waals surface area contributed by atoms with Gasteiger partial charge in [-0.2, -0.15) is 0 Å². The van der Waals surface area contributed by atoms with E-state index in [1.807, 2.05) is 63.8 Å². The Morgan fingerprint density at radius 3 is 2.35 bits per heavy atom. The summed E-state index contributed by atoms with van der Waals surface area (Å²) in [4.78, 5) is 32.3. The first-order valence-corrected chi connectivity index (χ1v) is 10.4. The maximum atomic E-state index is 12.2. The van der Waals surface area contributed by atoms with Gasteiger partial charge in [-0.1, -0.05) is 26.0 Å². The number of nitrogens with one attached hydrogen (secondary N) is 1. The molecule has 1 fully saturated rings. The Hall–Kier alpha value is -2.04. The first-order valence-electron chi connectivity index (χ1n) is 10.4. The summed E-state index contributed by atoms with van der Waals surface area (Å²) in [5, 5.41) is 2.92. The maximum absolute atomic E-state index is 12.2. The lowest BCUT2D eigenvalue weighted by atomic mass is 10.1. The number of anilines is 1. The first-order chi connectivity index (χ1) is 14.0. The molecule has 8 nitrogen and oxygen atoms in total. The van der Waals surface area contributed by atoms with E-state index in [1.165, 1.54) is 0 Å². The van der Waals surface area contributed by atoms with E-state index < -0.39 is 5.60 Å². The minimum Gasteiger partial charge on any atom is -0.444 e. The molecular formula is C22H36IN5O3. The highest BCUT2D eigenvalue weighted by Gasteiger charge is 2.26. The van der Waals surface area contributed by atoms with Crippen LogP contribution in [0.1, 0.15) is 46.6 Å². The van der Waals surface area contributed by atoms with Crippen LogP contribution in [-0.4, -0.2) is 59.5 Å². The molecule has 1 aliphatic heterocycles. The van der Waals surface area contributed by atoms with Crippen LogP contribution in [0, 0.1) is 5.92 Å². The van der Waals surface area contributed by atoms with Crippen LogP contribution in [0.5, 0.6) is 0 Å². The van der Waals surface area contributed by atoms with Gasteiger partial charge in [-0.25, -0.2) is 9.79 Å². The van der Waals surface area contributed by atoms with E-state index in [0.29, 0.717) is 51.0 Å². The van der Waals surface area contributed by atoms with Crippen LogP contribution in [0.4, 0.5) is 10.5 Å². The highest BCUT2D eigenvalue weighted by Crippen LogP contribution is 2.14. The second-order valence-corrected chi connectivity index (χ2v) is 8.98. The Bertz CT molecular complexity index is 769. The smallest absolute Gasteiger partial charge is 0.410 e. The average molecular weight is 545 g/mol. The number of carbonyl (C=O) groups is 2. The van der Waals surface area contributed by atoms with Crippen LogP contribution >= 0.6 is 24.0 Å². The van der Waals surface area contributed by atoms with Gasteiger partial charge in [0.15, 0.2) is 5.96 Å². The fourth-order valence-electron chi connectivity index (χ4n) is 3.05. The third kappa shape index (κ3) is 9.75. The molecule has 1 saturated heterocycles. The SMILES string of the molecule is CC(C)CC(=O)Nc1cccc(CN=C(N)N2CCN(C(=O)OC(C)(C)C)CC2)c1.I. The number of guanidine groups is 1. The second-order valence-electron chi connectivity index (χ2n) is 8.98. The normalized spacial score (nSPS) is 14.8. The number of nitrogens with zero attached hydrogens (tertiary/aromatic N) is 3. The number of nitrogens with two attached hydrogens (primary N) is 1. The number of hydrogen-bond donors (Lipinski definition) is 2. The van der Waals surface area contributed by atoms with Crippen LogP contribution in [0.3, 0.4) is 0 Å². The summed E-state index contributed by atoms with van der Waals surface area (Å²) in [6.45, 7) is 12.3. The number of hydrogen-bond acceptors (Lipinski definition) is 4. The number of piperazine rings is 1. The van der Waals surface area contributed by atoms with Crippen molar-refractivity contribution in [3.8, 4) is 0 Å². The third-order valence-corrected chi connectivity index (χ3v) is 4.48. The van der Waals surface area contributed by atoms with Gasteiger partial charge in [-0.15, -0.1) is 24.0 Å². The molecule has 3 N–H and O–H groups in total. The zero-order valence-electron chi connectivity index (χ0n) is 19.2. The number of rotatable bonds is 5. The molecule has 1 aromatic carbocycles. The Labute approximate surface area is 202 Å². The Morgan fingerprint density at radius 1 is 1.16 bits per heavy atom. The quantitative estimate of drug-likeness (QED) is 0.334. The Morgan fingerprint density at radius 2 is 1.77 bits per heavy atom. The van der Waals surface area contributed by atoms with Crippen molar-refractivity contribution in [1.29, 1.82) is 0 Å². The van der Waals surface area contributed by atoms with E-state index in [4.69, 9.17) is 10.5 Å². The summed E-state index contributed by atoms with van der Waals surface area (Å²) in [5.74, 6) is 0.773.